The number of phenols is 1. The fourth-order valence-corrected chi connectivity index (χ4v) is 2.20. The molecule has 1 aromatic carbocycles. The fourth-order valence-electron chi connectivity index (χ4n) is 2.20. The second kappa shape index (κ2) is 4.56. The highest BCUT2D eigenvalue weighted by atomic mass is 19.4. The Balaban J connectivity index is 2.25. The molecule has 2 rings (SSSR count). The molecule has 2 N–H and O–H groups in total. The van der Waals surface area contributed by atoms with Gasteiger partial charge in [-0.15, -0.1) is 0 Å². The maximum absolute atomic E-state index is 12.8. The molecule has 1 aliphatic heterocycles. The van der Waals surface area contributed by atoms with Crippen molar-refractivity contribution >= 4 is 0 Å². The van der Waals surface area contributed by atoms with Gasteiger partial charge in [-0.1, -0.05) is 6.07 Å². The van der Waals surface area contributed by atoms with Crippen molar-refractivity contribution in [2.75, 3.05) is 6.54 Å². The molecule has 1 fully saturated rings. The van der Waals surface area contributed by atoms with Crippen molar-refractivity contribution in [1.82, 2.24) is 5.32 Å². The molecule has 17 heavy (non-hydrogen) atoms. The van der Waals surface area contributed by atoms with Gasteiger partial charge < -0.3 is 10.4 Å². The minimum atomic E-state index is -4.41. The Hall–Kier alpha value is -1.23. The van der Waals surface area contributed by atoms with E-state index in [-0.39, 0.29) is 17.4 Å². The Kier molecular flexibility index (Phi) is 3.28. The van der Waals surface area contributed by atoms with Crippen molar-refractivity contribution in [3.05, 3.63) is 29.3 Å². The lowest BCUT2D eigenvalue weighted by Crippen LogP contribution is -2.25. The van der Waals surface area contributed by atoms with Crippen LogP contribution in [-0.4, -0.2) is 17.7 Å². The Morgan fingerprint density at radius 2 is 2.12 bits per heavy atom. The number of halogens is 3. The smallest absolute Gasteiger partial charge is 0.416 e. The van der Waals surface area contributed by atoms with Gasteiger partial charge in [0.1, 0.15) is 5.75 Å². The third-order valence-electron chi connectivity index (χ3n) is 3.03. The van der Waals surface area contributed by atoms with Gasteiger partial charge in [-0.25, -0.2) is 0 Å². The van der Waals surface area contributed by atoms with Gasteiger partial charge in [0.05, 0.1) is 5.56 Å². The zero-order valence-electron chi connectivity index (χ0n) is 9.22. The summed E-state index contributed by atoms with van der Waals surface area (Å²) in [5.74, 6) is -0.347. The first-order valence-corrected chi connectivity index (χ1v) is 5.59. The van der Waals surface area contributed by atoms with Crippen LogP contribution in [0, 0.1) is 0 Å². The molecule has 1 aromatic rings. The van der Waals surface area contributed by atoms with Crippen molar-refractivity contribution in [2.45, 2.75) is 31.5 Å². The summed E-state index contributed by atoms with van der Waals surface area (Å²) in [6.45, 7) is 0.865. The lowest BCUT2D eigenvalue weighted by Gasteiger charge is -2.16. The van der Waals surface area contributed by atoms with E-state index >= 15 is 0 Å². The number of rotatable bonds is 2. The average molecular weight is 245 g/mol. The van der Waals surface area contributed by atoms with Crippen molar-refractivity contribution in [2.24, 2.45) is 0 Å². The number of benzene rings is 1. The van der Waals surface area contributed by atoms with Gasteiger partial charge in [-0.2, -0.15) is 13.2 Å². The molecule has 94 valence electrons. The molecule has 1 saturated heterocycles. The van der Waals surface area contributed by atoms with Crippen LogP contribution in [0.15, 0.2) is 18.2 Å². The molecule has 1 unspecified atom stereocenters. The molecule has 0 saturated carbocycles. The van der Waals surface area contributed by atoms with E-state index in [1.165, 1.54) is 12.1 Å². The van der Waals surface area contributed by atoms with Gasteiger partial charge in [0.25, 0.3) is 0 Å². The van der Waals surface area contributed by atoms with Gasteiger partial charge in [0, 0.05) is 6.04 Å². The van der Waals surface area contributed by atoms with Crippen LogP contribution in [0.1, 0.15) is 24.0 Å². The van der Waals surface area contributed by atoms with E-state index in [4.69, 9.17) is 5.11 Å². The minimum absolute atomic E-state index is 0.112. The van der Waals surface area contributed by atoms with E-state index in [1.807, 2.05) is 0 Å². The maximum Gasteiger partial charge on any atom is 0.416 e. The first-order chi connectivity index (χ1) is 7.97. The molecule has 0 radical (unpaired) electrons. The molecule has 1 aliphatic rings. The van der Waals surface area contributed by atoms with Crippen LogP contribution < -0.4 is 5.32 Å². The Bertz CT molecular complexity index is 397. The summed E-state index contributed by atoms with van der Waals surface area (Å²) in [6.07, 6.45) is -2.15. The van der Waals surface area contributed by atoms with E-state index in [0.29, 0.717) is 6.42 Å². The molecule has 1 heterocycles. The maximum atomic E-state index is 12.8. The summed E-state index contributed by atoms with van der Waals surface area (Å²) in [7, 11) is 0. The van der Waals surface area contributed by atoms with Gasteiger partial charge in [0.2, 0.25) is 0 Å². The monoisotopic (exact) mass is 245 g/mol. The normalized spacial score (nSPS) is 20.8. The van der Waals surface area contributed by atoms with E-state index in [9.17, 15) is 13.2 Å². The molecule has 0 spiro atoms. The van der Waals surface area contributed by atoms with Crippen molar-refractivity contribution in [3.8, 4) is 5.75 Å². The summed E-state index contributed by atoms with van der Waals surface area (Å²) >= 11 is 0. The summed E-state index contributed by atoms with van der Waals surface area (Å²) in [5.41, 5.74) is -0.485. The van der Waals surface area contributed by atoms with Crippen LogP contribution in [0.3, 0.4) is 0 Å². The summed E-state index contributed by atoms with van der Waals surface area (Å²) in [4.78, 5) is 0. The summed E-state index contributed by atoms with van der Waals surface area (Å²) in [6, 6.07) is 3.57. The predicted octanol–water partition coefficient (Wildman–Crippen LogP) is 2.71. The van der Waals surface area contributed by atoms with Gasteiger partial charge in [0.15, 0.2) is 0 Å². The van der Waals surface area contributed by atoms with Crippen molar-refractivity contribution in [1.29, 1.82) is 0 Å². The third kappa shape index (κ3) is 2.91. The number of aromatic hydroxyl groups is 1. The van der Waals surface area contributed by atoms with E-state index in [2.05, 4.69) is 5.32 Å². The van der Waals surface area contributed by atoms with E-state index in [1.54, 1.807) is 0 Å². The van der Waals surface area contributed by atoms with Crippen molar-refractivity contribution in [3.63, 3.8) is 0 Å². The molecular weight excluding hydrogens is 231 g/mol. The van der Waals surface area contributed by atoms with Gasteiger partial charge >= 0.3 is 6.18 Å². The third-order valence-corrected chi connectivity index (χ3v) is 3.03. The second-order valence-electron chi connectivity index (χ2n) is 4.34. The molecular formula is C12H14F3NO. The highest BCUT2D eigenvalue weighted by molar-refractivity contribution is 5.37. The number of alkyl halides is 3. The molecule has 0 bridgehead atoms. The SMILES string of the molecule is Oc1ccc(CC2CCCN2)c(C(F)(F)F)c1. The minimum Gasteiger partial charge on any atom is -0.508 e. The predicted molar refractivity (Wildman–Crippen MR) is 57.8 cm³/mol. The molecule has 5 heteroatoms. The first-order valence-electron chi connectivity index (χ1n) is 5.59. The Labute approximate surface area is 97.5 Å². The van der Waals surface area contributed by atoms with Crippen LogP contribution in [0.2, 0.25) is 0 Å². The van der Waals surface area contributed by atoms with Crippen LogP contribution in [0.4, 0.5) is 13.2 Å². The molecule has 0 aromatic heterocycles. The highest BCUT2D eigenvalue weighted by Crippen LogP contribution is 2.35. The van der Waals surface area contributed by atoms with Gasteiger partial charge in [-0.05, 0) is 43.5 Å². The number of hydrogen-bond acceptors (Lipinski definition) is 2. The second-order valence-corrected chi connectivity index (χ2v) is 4.34. The molecule has 0 aliphatic carbocycles. The van der Waals surface area contributed by atoms with E-state index < -0.39 is 11.7 Å². The molecule has 2 nitrogen and oxygen atoms in total. The zero-order valence-corrected chi connectivity index (χ0v) is 9.22. The topological polar surface area (TPSA) is 32.3 Å². The largest absolute Gasteiger partial charge is 0.508 e. The van der Waals surface area contributed by atoms with Crippen LogP contribution in [-0.2, 0) is 12.6 Å². The summed E-state index contributed by atoms with van der Waals surface area (Å²) < 4.78 is 38.3. The zero-order chi connectivity index (χ0) is 12.5. The van der Waals surface area contributed by atoms with Crippen LogP contribution in [0.25, 0.3) is 0 Å². The van der Waals surface area contributed by atoms with Crippen LogP contribution >= 0.6 is 0 Å². The van der Waals surface area contributed by atoms with Crippen molar-refractivity contribution < 1.29 is 18.3 Å². The lowest BCUT2D eigenvalue weighted by atomic mass is 9.98. The Morgan fingerprint density at radius 3 is 2.71 bits per heavy atom. The molecule has 0 amide bonds. The first kappa shape index (κ1) is 12.2. The number of nitrogens with one attached hydrogen (secondary N) is 1. The number of hydrogen-bond donors (Lipinski definition) is 2. The number of phenolic OH excluding ortho intramolecular Hbond substituents is 1. The fraction of sp³-hybridized carbons (Fsp3) is 0.500. The molecule has 1 atom stereocenters. The highest BCUT2D eigenvalue weighted by Gasteiger charge is 2.34. The van der Waals surface area contributed by atoms with Gasteiger partial charge in [-0.3, -0.25) is 0 Å². The Morgan fingerprint density at radius 1 is 1.35 bits per heavy atom. The van der Waals surface area contributed by atoms with Crippen LogP contribution in [0.5, 0.6) is 5.75 Å². The lowest BCUT2D eigenvalue weighted by molar-refractivity contribution is -0.138. The quantitative estimate of drug-likeness (QED) is 0.839. The van der Waals surface area contributed by atoms with E-state index in [0.717, 1.165) is 25.5 Å². The summed E-state index contributed by atoms with van der Waals surface area (Å²) in [5, 5.41) is 12.3. The standard InChI is InChI=1S/C12H14F3NO/c13-12(14,15)11-7-10(17)4-3-8(11)6-9-2-1-5-16-9/h3-4,7,9,16-17H,1-2,5-6H2. The average Bonchev–Trinajstić information content (AvgIpc) is 2.72.